The van der Waals surface area contributed by atoms with Crippen LogP contribution in [0.3, 0.4) is 0 Å². The van der Waals surface area contributed by atoms with Gasteiger partial charge in [-0.3, -0.25) is 9.59 Å². The molecule has 0 aliphatic carbocycles. The second-order valence-corrected chi connectivity index (χ2v) is 6.25. The van der Waals surface area contributed by atoms with Crippen LogP contribution in [-0.4, -0.2) is 24.5 Å². The number of carbonyl (C=O) groups is 2. The highest BCUT2D eigenvalue weighted by molar-refractivity contribution is 6.05. The van der Waals surface area contributed by atoms with Crippen LogP contribution >= 0.6 is 0 Å². The molecule has 0 radical (unpaired) electrons. The summed E-state index contributed by atoms with van der Waals surface area (Å²) >= 11 is 0. The largest absolute Gasteiger partial charge is 0.479 e. The number of ether oxygens (including phenoxy) is 1. The third kappa shape index (κ3) is 3.69. The van der Waals surface area contributed by atoms with Crippen molar-refractivity contribution in [1.82, 2.24) is 0 Å². The first-order valence-electron chi connectivity index (χ1n) is 8.68. The molecule has 0 fully saturated rings. The number of halogens is 1. The number of rotatable bonds is 5. The molecule has 1 heterocycles. The molecule has 1 N–H and O–H groups in total. The van der Waals surface area contributed by atoms with E-state index in [0.717, 1.165) is 12.8 Å². The minimum atomic E-state index is -0.535. The van der Waals surface area contributed by atoms with Crippen molar-refractivity contribution in [3.63, 3.8) is 0 Å². The highest BCUT2D eigenvalue weighted by Crippen LogP contribution is 2.36. The molecule has 2 amide bonds. The number of fused-ring (bicyclic) bond motifs is 1. The molecule has 0 saturated carbocycles. The van der Waals surface area contributed by atoms with Crippen LogP contribution in [0.15, 0.2) is 42.5 Å². The highest BCUT2D eigenvalue weighted by atomic mass is 19.1. The molecule has 6 heteroatoms. The van der Waals surface area contributed by atoms with E-state index in [9.17, 15) is 14.0 Å². The quantitative estimate of drug-likeness (QED) is 0.881. The van der Waals surface area contributed by atoms with E-state index in [4.69, 9.17) is 4.74 Å². The zero-order valence-electron chi connectivity index (χ0n) is 14.8. The Bertz CT molecular complexity index is 838. The van der Waals surface area contributed by atoms with Crippen LogP contribution in [0.4, 0.5) is 15.8 Å². The Balaban J connectivity index is 1.86. The van der Waals surface area contributed by atoms with Crippen LogP contribution in [0.5, 0.6) is 5.75 Å². The number of anilines is 2. The van der Waals surface area contributed by atoms with Gasteiger partial charge in [0.25, 0.3) is 11.8 Å². The van der Waals surface area contributed by atoms with E-state index in [1.54, 1.807) is 36.1 Å². The summed E-state index contributed by atoms with van der Waals surface area (Å²) in [6.45, 7) is 4.38. The summed E-state index contributed by atoms with van der Waals surface area (Å²) in [5.41, 5.74) is 1.38. The van der Waals surface area contributed by atoms with Crippen molar-refractivity contribution in [2.24, 2.45) is 0 Å². The molecule has 26 heavy (non-hydrogen) atoms. The van der Waals surface area contributed by atoms with Gasteiger partial charge in [-0.25, -0.2) is 4.39 Å². The van der Waals surface area contributed by atoms with Crippen molar-refractivity contribution in [1.29, 1.82) is 0 Å². The zero-order valence-corrected chi connectivity index (χ0v) is 14.8. The Labute approximate surface area is 151 Å². The van der Waals surface area contributed by atoms with Gasteiger partial charge in [0.15, 0.2) is 6.10 Å². The standard InChI is InChI=1S/C20H21FN2O3/c1-3-4-10-23-17-12-16(8-9-18(17)26-13(2)20(23)25)22-19(24)14-6-5-7-15(21)11-14/h5-9,11-13H,3-4,10H2,1-2H3,(H,22,24). The first kappa shape index (κ1) is 17.9. The Hall–Kier alpha value is -2.89. The van der Waals surface area contributed by atoms with Crippen molar-refractivity contribution in [3.8, 4) is 5.75 Å². The Morgan fingerprint density at radius 1 is 1.27 bits per heavy atom. The van der Waals surface area contributed by atoms with Gasteiger partial charge in [-0.15, -0.1) is 0 Å². The molecule has 0 saturated heterocycles. The molecule has 1 atom stereocenters. The molecule has 0 spiro atoms. The van der Waals surface area contributed by atoms with Crippen LogP contribution in [0.2, 0.25) is 0 Å². The smallest absolute Gasteiger partial charge is 0.267 e. The van der Waals surface area contributed by atoms with E-state index in [-0.39, 0.29) is 11.5 Å². The fraction of sp³-hybridized carbons (Fsp3) is 0.300. The van der Waals surface area contributed by atoms with Crippen LogP contribution in [0, 0.1) is 5.82 Å². The number of nitrogens with one attached hydrogen (secondary N) is 1. The summed E-state index contributed by atoms with van der Waals surface area (Å²) in [4.78, 5) is 26.5. The number of nitrogens with zero attached hydrogens (tertiary/aromatic N) is 1. The van der Waals surface area contributed by atoms with Gasteiger partial charge >= 0.3 is 0 Å². The molecule has 1 aliphatic rings. The lowest BCUT2D eigenvalue weighted by Crippen LogP contribution is -2.44. The van der Waals surface area contributed by atoms with E-state index in [0.29, 0.717) is 23.7 Å². The maximum absolute atomic E-state index is 13.3. The van der Waals surface area contributed by atoms with Gasteiger partial charge in [0, 0.05) is 17.8 Å². The second kappa shape index (κ2) is 7.56. The Morgan fingerprint density at radius 2 is 2.08 bits per heavy atom. The van der Waals surface area contributed by atoms with Crippen molar-refractivity contribution in [2.45, 2.75) is 32.8 Å². The first-order valence-corrected chi connectivity index (χ1v) is 8.68. The monoisotopic (exact) mass is 356 g/mol. The zero-order chi connectivity index (χ0) is 18.7. The van der Waals surface area contributed by atoms with Crippen molar-refractivity contribution in [3.05, 3.63) is 53.8 Å². The normalized spacial score (nSPS) is 16.0. The van der Waals surface area contributed by atoms with E-state index >= 15 is 0 Å². The number of hydrogen-bond donors (Lipinski definition) is 1. The molecule has 1 aliphatic heterocycles. The molecular weight excluding hydrogens is 335 g/mol. The number of amides is 2. The summed E-state index contributed by atoms with van der Waals surface area (Å²) < 4.78 is 19.0. The number of benzene rings is 2. The van der Waals surface area contributed by atoms with Crippen LogP contribution in [0.25, 0.3) is 0 Å². The minimum absolute atomic E-state index is 0.0976. The minimum Gasteiger partial charge on any atom is -0.479 e. The van der Waals surface area contributed by atoms with Crippen LogP contribution in [0.1, 0.15) is 37.0 Å². The van der Waals surface area contributed by atoms with Gasteiger partial charge in [0.1, 0.15) is 11.6 Å². The lowest BCUT2D eigenvalue weighted by Gasteiger charge is -2.33. The second-order valence-electron chi connectivity index (χ2n) is 6.25. The summed E-state index contributed by atoms with van der Waals surface area (Å²) in [5.74, 6) is -0.376. The summed E-state index contributed by atoms with van der Waals surface area (Å²) in [6, 6.07) is 10.6. The van der Waals surface area contributed by atoms with Crippen LogP contribution < -0.4 is 15.0 Å². The number of unbranched alkanes of at least 4 members (excludes halogenated alkanes) is 1. The maximum atomic E-state index is 13.3. The van der Waals surface area contributed by atoms with Crippen molar-refractivity contribution < 1.29 is 18.7 Å². The fourth-order valence-corrected chi connectivity index (χ4v) is 2.86. The fourth-order valence-electron chi connectivity index (χ4n) is 2.86. The number of hydrogen-bond acceptors (Lipinski definition) is 3. The lowest BCUT2D eigenvalue weighted by molar-refractivity contribution is -0.125. The first-order chi connectivity index (χ1) is 12.5. The van der Waals surface area contributed by atoms with Gasteiger partial charge in [-0.1, -0.05) is 19.4 Å². The van der Waals surface area contributed by atoms with E-state index in [2.05, 4.69) is 12.2 Å². The molecule has 1 unspecified atom stereocenters. The Morgan fingerprint density at radius 3 is 2.81 bits per heavy atom. The topological polar surface area (TPSA) is 58.6 Å². The van der Waals surface area contributed by atoms with Crippen molar-refractivity contribution in [2.75, 3.05) is 16.8 Å². The average Bonchev–Trinajstić information content (AvgIpc) is 2.62. The molecule has 0 bridgehead atoms. The van der Waals surface area contributed by atoms with E-state index < -0.39 is 17.8 Å². The molecule has 2 aromatic carbocycles. The third-order valence-corrected chi connectivity index (χ3v) is 4.25. The molecular formula is C20H21FN2O3. The van der Waals surface area contributed by atoms with E-state index in [1.165, 1.54) is 18.2 Å². The summed E-state index contributed by atoms with van der Waals surface area (Å²) in [7, 11) is 0. The highest BCUT2D eigenvalue weighted by Gasteiger charge is 2.31. The molecule has 5 nitrogen and oxygen atoms in total. The molecule has 2 aromatic rings. The van der Waals surface area contributed by atoms with Gasteiger partial charge in [-0.2, -0.15) is 0 Å². The Kier molecular flexibility index (Phi) is 5.21. The SMILES string of the molecule is CCCCN1C(=O)C(C)Oc2ccc(NC(=O)c3cccc(F)c3)cc21. The molecule has 0 aromatic heterocycles. The maximum Gasteiger partial charge on any atom is 0.267 e. The van der Waals surface area contributed by atoms with Gasteiger partial charge in [-0.05, 0) is 49.7 Å². The summed E-state index contributed by atoms with van der Waals surface area (Å²) in [5, 5.41) is 2.74. The van der Waals surface area contributed by atoms with Crippen LogP contribution in [-0.2, 0) is 4.79 Å². The van der Waals surface area contributed by atoms with E-state index in [1.807, 2.05) is 0 Å². The predicted octanol–water partition coefficient (Wildman–Crippen LogP) is 3.99. The number of carbonyl (C=O) groups excluding carboxylic acids is 2. The summed E-state index contributed by atoms with van der Waals surface area (Å²) in [6.07, 6.45) is 1.30. The average molecular weight is 356 g/mol. The van der Waals surface area contributed by atoms with Gasteiger partial charge in [0.05, 0.1) is 5.69 Å². The van der Waals surface area contributed by atoms with Gasteiger partial charge < -0.3 is 15.0 Å². The predicted molar refractivity (Wildman–Crippen MR) is 98.1 cm³/mol. The molecule has 136 valence electrons. The van der Waals surface area contributed by atoms with Gasteiger partial charge in [0.2, 0.25) is 0 Å². The molecule has 3 rings (SSSR count). The van der Waals surface area contributed by atoms with Crippen molar-refractivity contribution >= 4 is 23.2 Å². The lowest BCUT2D eigenvalue weighted by atomic mass is 10.1. The third-order valence-electron chi connectivity index (χ3n) is 4.25.